The lowest BCUT2D eigenvalue weighted by molar-refractivity contribution is -0.142. The SMILES string of the molecule is C[C@H](C(=O)N1CCO[C@H](c2ccc(Cl)cc2)C1)n1cncn1. The summed E-state index contributed by atoms with van der Waals surface area (Å²) >= 11 is 5.91. The molecule has 1 aliphatic heterocycles. The summed E-state index contributed by atoms with van der Waals surface area (Å²) in [5.41, 5.74) is 1.02. The fourth-order valence-corrected chi connectivity index (χ4v) is 2.65. The molecule has 6 nitrogen and oxygen atoms in total. The highest BCUT2D eigenvalue weighted by Gasteiger charge is 2.29. The van der Waals surface area contributed by atoms with E-state index >= 15 is 0 Å². The number of amides is 1. The topological polar surface area (TPSA) is 60.2 Å². The van der Waals surface area contributed by atoms with Gasteiger partial charge in [-0.25, -0.2) is 9.67 Å². The van der Waals surface area contributed by atoms with E-state index in [1.54, 1.807) is 11.0 Å². The van der Waals surface area contributed by atoms with Gasteiger partial charge in [-0.3, -0.25) is 4.79 Å². The Morgan fingerprint density at radius 3 is 2.86 bits per heavy atom. The summed E-state index contributed by atoms with van der Waals surface area (Å²) in [5.74, 6) is 0.0211. The molecule has 1 fully saturated rings. The average Bonchev–Trinajstić information content (AvgIpc) is 3.09. The fraction of sp³-hybridized carbons (Fsp3) is 0.400. The number of ether oxygens (including phenoxy) is 1. The number of halogens is 1. The molecule has 1 aromatic heterocycles. The van der Waals surface area contributed by atoms with Gasteiger partial charge in [0.15, 0.2) is 0 Å². The smallest absolute Gasteiger partial charge is 0.247 e. The molecule has 0 radical (unpaired) electrons. The maximum Gasteiger partial charge on any atom is 0.247 e. The standard InChI is InChI=1S/C15H17ClN4O2/c1-11(20-10-17-9-18-20)15(21)19-6-7-22-14(8-19)12-2-4-13(16)5-3-12/h2-5,9-11,14H,6-8H2,1H3/t11-,14+/m1/s1. The third-order valence-corrected chi connectivity index (χ3v) is 4.06. The lowest BCUT2D eigenvalue weighted by atomic mass is 10.1. The Balaban J connectivity index is 1.70. The number of carbonyl (C=O) groups excluding carboxylic acids is 1. The fourth-order valence-electron chi connectivity index (χ4n) is 2.52. The van der Waals surface area contributed by atoms with Crippen molar-refractivity contribution in [1.29, 1.82) is 0 Å². The molecule has 2 heterocycles. The third kappa shape index (κ3) is 3.13. The van der Waals surface area contributed by atoms with E-state index in [1.807, 2.05) is 36.1 Å². The predicted octanol–water partition coefficient (Wildman–Crippen LogP) is 2.09. The Morgan fingerprint density at radius 1 is 1.41 bits per heavy atom. The van der Waals surface area contributed by atoms with E-state index in [0.717, 1.165) is 5.56 Å². The minimum Gasteiger partial charge on any atom is -0.370 e. The molecule has 1 aliphatic rings. The second-order valence-corrected chi connectivity index (χ2v) is 5.68. The molecule has 0 N–H and O–H groups in total. The molecule has 2 atom stereocenters. The van der Waals surface area contributed by atoms with E-state index in [-0.39, 0.29) is 18.1 Å². The maximum atomic E-state index is 12.6. The van der Waals surface area contributed by atoms with E-state index in [0.29, 0.717) is 24.7 Å². The lowest BCUT2D eigenvalue weighted by Gasteiger charge is -2.34. The number of benzene rings is 1. The summed E-state index contributed by atoms with van der Waals surface area (Å²) in [5, 5.41) is 4.72. The van der Waals surface area contributed by atoms with Crippen LogP contribution in [0.2, 0.25) is 5.02 Å². The molecule has 0 spiro atoms. The van der Waals surface area contributed by atoms with Crippen LogP contribution in [0.3, 0.4) is 0 Å². The van der Waals surface area contributed by atoms with Gasteiger partial charge in [0, 0.05) is 11.6 Å². The predicted molar refractivity (Wildman–Crippen MR) is 81.5 cm³/mol. The minimum atomic E-state index is -0.369. The average molecular weight is 321 g/mol. The van der Waals surface area contributed by atoms with Crippen LogP contribution in [0.25, 0.3) is 0 Å². The van der Waals surface area contributed by atoms with Crippen LogP contribution >= 0.6 is 11.6 Å². The normalized spacial score (nSPS) is 19.9. The molecule has 0 unspecified atom stereocenters. The summed E-state index contributed by atoms with van der Waals surface area (Å²) in [4.78, 5) is 18.3. The van der Waals surface area contributed by atoms with Crippen LogP contribution in [0.4, 0.5) is 0 Å². The summed E-state index contributed by atoms with van der Waals surface area (Å²) in [6.45, 7) is 3.45. The van der Waals surface area contributed by atoms with Crippen LogP contribution in [0.15, 0.2) is 36.9 Å². The molecule has 116 valence electrons. The zero-order valence-electron chi connectivity index (χ0n) is 12.2. The molecular weight excluding hydrogens is 304 g/mol. The van der Waals surface area contributed by atoms with Crippen molar-refractivity contribution in [2.75, 3.05) is 19.7 Å². The molecule has 7 heteroatoms. The van der Waals surface area contributed by atoms with Crippen LogP contribution in [0.1, 0.15) is 24.6 Å². The summed E-state index contributed by atoms with van der Waals surface area (Å²) < 4.78 is 7.35. The maximum absolute atomic E-state index is 12.6. The number of hydrogen-bond acceptors (Lipinski definition) is 4. The van der Waals surface area contributed by atoms with Gasteiger partial charge in [0.1, 0.15) is 24.8 Å². The van der Waals surface area contributed by atoms with Gasteiger partial charge in [-0.1, -0.05) is 23.7 Å². The summed E-state index contributed by atoms with van der Waals surface area (Å²) in [7, 11) is 0. The largest absolute Gasteiger partial charge is 0.370 e. The molecule has 0 aliphatic carbocycles. The van der Waals surface area contributed by atoms with Gasteiger partial charge in [0.2, 0.25) is 5.91 Å². The minimum absolute atomic E-state index is 0.0211. The van der Waals surface area contributed by atoms with Gasteiger partial charge < -0.3 is 9.64 Å². The van der Waals surface area contributed by atoms with E-state index in [4.69, 9.17) is 16.3 Å². The molecule has 3 rings (SSSR count). The zero-order chi connectivity index (χ0) is 15.5. The van der Waals surface area contributed by atoms with Crippen molar-refractivity contribution < 1.29 is 9.53 Å². The third-order valence-electron chi connectivity index (χ3n) is 3.81. The Bertz CT molecular complexity index is 630. The van der Waals surface area contributed by atoms with Gasteiger partial charge in [0.05, 0.1) is 13.2 Å². The number of aromatic nitrogens is 3. The van der Waals surface area contributed by atoms with E-state index in [9.17, 15) is 4.79 Å². The van der Waals surface area contributed by atoms with Crippen molar-refractivity contribution in [2.24, 2.45) is 0 Å². The Hall–Kier alpha value is -1.92. The molecule has 1 saturated heterocycles. The van der Waals surface area contributed by atoms with Gasteiger partial charge in [-0.15, -0.1) is 0 Å². The van der Waals surface area contributed by atoms with Crippen molar-refractivity contribution >= 4 is 17.5 Å². The Morgan fingerprint density at radius 2 is 2.18 bits per heavy atom. The van der Waals surface area contributed by atoms with Crippen molar-refractivity contribution in [2.45, 2.75) is 19.1 Å². The quantitative estimate of drug-likeness (QED) is 0.869. The Kier molecular flexibility index (Phi) is 4.40. The molecular formula is C15H17ClN4O2. The van der Waals surface area contributed by atoms with Crippen molar-refractivity contribution in [3.05, 3.63) is 47.5 Å². The van der Waals surface area contributed by atoms with Crippen LogP contribution in [-0.4, -0.2) is 45.3 Å². The van der Waals surface area contributed by atoms with E-state index < -0.39 is 0 Å². The highest BCUT2D eigenvalue weighted by molar-refractivity contribution is 6.30. The van der Waals surface area contributed by atoms with Gasteiger partial charge >= 0.3 is 0 Å². The first-order valence-electron chi connectivity index (χ1n) is 7.15. The Labute approximate surface area is 133 Å². The highest BCUT2D eigenvalue weighted by Crippen LogP contribution is 2.25. The van der Waals surface area contributed by atoms with Crippen LogP contribution in [0, 0.1) is 0 Å². The molecule has 22 heavy (non-hydrogen) atoms. The van der Waals surface area contributed by atoms with Crippen molar-refractivity contribution in [3.8, 4) is 0 Å². The number of nitrogens with zero attached hydrogens (tertiary/aromatic N) is 4. The molecule has 0 bridgehead atoms. The van der Waals surface area contributed by atoms with E-state index in [2.05, 4.69) is 10.1 Å². The molecule has 2 aromatic rings. The number of hydrogen-bond donors (Lipinski definition) is 0. The van der Waals surface area contributed by atoms with Gasteiger partial charge in [-0.05, 0) is 24.6 Å². The van der Waals surface area contributed by atoms with Crippen LogP contribution in [0.5, 0.6) is 0 Å². The summed E-state index contributed by atoms with van der Waals surface area (Å²) in [6.07, 6.45) is 2.86. The molecule has 0 saturated carbocycles. The highest BCUT2D eigenvalue weighted by atomic mass is 35.5. The van der Waals surface area contributed by atoms with Crippen molar-refractivity contribution in [1.82, 2.24) is 19.7 Å². The van der Waals surface area contributed by atoms with E-state index in [1.165, 1.54) is 6.33 Å². The number of rotatable bonds is 3. The lowest BCUT2D eigenvalue weighted by Crippen LogP contribution is -2.45. The second-order valence-electron chi connectivity index (χ2n) is 5.25. The second kappa shape index (κ2) is 6.46. The zero-order valence-corrected chi connectivity index (χ0v) is 13.0. The van der Waals surface area contributed by atoms with Gasteiger partial charge in [0.25, 0.3) is 0 Å². The number of carbonyl (C=O) groups is 1. The van der Waals surface area contributed by atoms with Crippen molar-refractivity contribution in [3.63, 3.8) is 0 Å². The first kappa shape index (κ1) is 15.0. The van der Waals surface area contributed by atoms with Crippen LogP contribution < -0.4 is 0 Å². The number of morpholine rings is 1. The monoisotopic (exact) mass is 320 g/mol. The molecule has 1 amide bonds. The molecule has 1 aromatic carbocycles. The first-order valence-corrected chi connectivity index (χ1v) is 7.53. The summed E-state index contributed by atoms with van der Waals surface area (Å²) in [6, 6.07) is 7.16. The van der Waals surface area contributed by atoms with Crippen LogP contribution in [-0.2, 0) is 9.53 Å². The van der Waals surface area contributed by atoms with Gasteiger partial charge in [-0.2, -0.15) is 5.10 Å². The first-order chi connectivity index (χ1) is 10.6.